The fraction of sp³-hybridized carbons (Fsp3) is 0.412. The van der Waals surface area contributed by atoms with Gasteiger partial charge in [-0.15, -0.1) is 0 Å². The van der Waals surface area contributed by atoms with Gasteiger partial charge in [0.1, 0.15) is 5.75 Å². The number of hydrogen-bond acceptors (Lipinski definition) is 8. The largest absolute Gasteiger partial charge is 0.493 e. The standard InChI is InChI=1S/C17H24N4O4/c1-10(2)11-7-13(23-3)14(24-4)8-12(11)25-15-9-20-17(18)21-16(15)19-5-6-22/h7-10,22H,5-6H2,1-4H3,(H3,18,19,20,21). The number of rotatable bonds is 8. The number of aliphatic hydroxyl groups is 1. The molecule has 2 rings (SSSR count). The van der Waals surface area contributed by atoms with Gasteiger partial charge in [0.05, 0.1) is 27.0 Å². The van der Waals surface area contributed by atoms with Gasteiger partial charge < -0.3 is 30.4 Å². The van der Waals surface area contributed by atoms with Crippen molar-refractivity contribution in [2.45, 2.75) is 19.8 Å². The van der Waals surface area contributed by atoms with Gasteiger partial charge in [-0.2, -0.15) is 4.98 Å². The van der Waals surface area contributed by atoms with Crippen molar-refractivity contribution in [1.82, 2.24) is 9.97 Å². The van der Waals surface area contributed by atoms with Crippen LogP contribution in [-0.2, 0) is 0 Å². The SMILES string of the molecule is COc1cc(Oc2cnc(N)nc2NCCO)c(C(C)C)cc1OC. The topological polar surface area (TPSA) is 112 Å². The quantitative estimate of drug-likeness (QED) is 0.667. The van der Waals surface area contributed by atoms with Crippen LogP contribution in [0.25, 0.3) is 0 Å². The van der Waals surface area contributed by atoms with Crippen molar-refractivity contribution in [3.05, 3.63) is 23.9 Å². The highest BCUT2D eigenvalue weighted by molar-refractivity contribution is 5.57. The summed E-state index contributed by atoms with van der Waals surface area (Å²) in [6.45, 7) is 4.38. The Morgan fingerprint density at radius 3 is 2.40 bits per heavy atom. The van der Waals surface area contributed by atoms with E-state index in [2.05, 4.69) is 29.1 Å². The predicted molar refractivity (Wildman–Crippen MR) is 95.7 cm³/mol. The maximum Gasteiger partial charge on any atom is 0.222 e. The molecule has 0 amide bonds. The van der Waals surface area contributed by atoms with E-state index in [1.54, 1.807) is 20.3 Å². The number of anilines is 2. The first kappa shape index (κ1) is 18.6. The van der Waals surface area contributed by atoms with Crippen molar-refractivity contribution in [1.29, 1.82) is 0 Å². The highest BCUT2D eigenvalue weighted by Crippen LogP contribution is 2.40. The molecule has 0 spiro atoms. The third-order valence-electron chi connectivity index (χ3n) is 3.54. The number of nitrogens with one attached hydrogen (secondary N) is 1. The number of nitrogens with two attached hydrogens (primary N) is 1. The molecule has 0 aliphatic heterocycles. The number of benzene rings is 1. The number of ether oxygens (including phenoxy) is 3. The first-order chi connectivity index (χ1) is 12.0. The normalized spacial score (nSPS) is 10.6. The maximum atomic E-state index is 9.01. The fourth-order valence-electron chi connectivity index (χ4n) is 2.29. The predicted octanol–water partition coefficient (Wildman–Crippen LogP) is 2.40. The van der Waals surface area contributed by atoms with Crippen molar-refractivity contribution in [3.8, 4) is 23.0 Å². The molecule has 0 bridgehead atoms. The lowest BCUT2D eigenvalue weighted by Crippen LogP contribution is -2.10. The van der Waals surface area contributed by atoms with Crippen LogP contribution in [0.15, 0.2) is 18.3 Å². The van der Waals surface area contributed by atoms with E-state index < -0.39 is 0 Å². The Balaban J connectivity index is 2.45. The monoisotopic (exact) mass is 348 g/mol. The van der Waals surface area contributed by atoms with Crippen molar-refractivity contribution < 1.29 is 19.3 Å². The van der Waals surface area contributed by atoms with Crippen LogP contribution in [0.3, 0.4) is 0 Å². The van der Waals surface area contributed by atoms with Crippen LogP contribution in [-0.4, -0.2) is 42.4 Å². The van der Waals surface area contributed by atoms with Gasteiger partial charge in [0, 0.05) is 18.2 Å². The third-order valence-corrected chi connectivity index (χ3v) is 3.54. The van der Waals surface area contributed by atoms with E-state index >= 15 is 0 Å². The first-order valence-electron chi connectivity index (χ1n) is 7.91. The Kier molecular flexibility index (Phi) is 6.24. The molecule has 2 aromatic rings. The summed E-state index contributed by atoms with van der Waals surface area (Å²) in [6, 6.07) is 3.65. The Morgan fingerprint density at radius 1 is 1.12 bits per heavy atom. The van der Waals surface area contributed by atoms with E-state index in [0.29, 0.717) is 35.4 Å². The van der Waals surface area contributed by atoms with E-state index in [-0.39, 0.29) is 18.5 Å². The summed E-state index contributed by atoms with van der Waals surface area (Å²) in [6.07, 6.45) is 1.49. The van der Waals surface area contributed by atoms with Crippen LogP contribution in [0.1, 0.15) is 25.3 Å². The van der Waals surface area contributed by atoms with Crippen molar-refractivity contribution in [2.24, 2.45) is 0 Å². The van der Waals surface area contributed by atoms with Gasteiger partial charge in [0.25, 0.3) is 0 Å². The smallest absolute Gasteiger partial charge is 0.222 e. The number of hydrogen-bond donors (Lipinski definition) is 3. The van der Waals surface area contributed by atoms with E-state index in [0.717, 1.165) is 5.56 Å². The zero-order valence-electron chi connectivity index (χ0n) is 14.9. The molecule has 0 aliphatic carbocycles. The molecule has 1 aromatic carbocycles. The molecule has 0 saturated carbocycles. The first-order valence-corrected chi connectivity index (χ1v) is 7.91. The van der Waals surface area contributed by atoms with E-state index in [4.69, 9.17) is 25.1 Å². The van der Waals surface area contributed by atoms with Crippen LogP contribution in [0.4, 0.5) is 11.8 Å². The number of aromatic nitrogens is 2. The number of methoxy groups -OCH3 is 2. The second-order valence-corrected chi connectivity index (χ2v) is 5.59. The average molecular weight is 348 g/mol. The fourth-order valence-corrected chi connectivity index (χ4v) is 2.29. The number of nitrogen functional groups attached to an aromatic ring is 1. The van der Waals surface area contributed by atoms with E-state index in [1.807, 2.05) is 6.07 Å². The second-order valence-electron chi connectivity index (χ2n) is 5.59. The lowest BCUT2D eigenvalue weighted by atomic mass is 10.0. The van der Waals surface area contributed by atoms with Gasteiger partial charge in [-0.25, -0.2) is 4.98 Å². The molecule has 0 fully saturated rings. The van der Waals surface area contributed by atoms with Gasteiger partial charge in [-0.1, -0.05) is 13.8 Å². The van der Waals surface area contributed by atoms with Crippen LogP contribution in [0.2, 0.25) is 0 Å². The van der Waals surface area contributed by atoms with Crippen LogP contribution in [0.5, 0.6) is 23.0 Å². The highest BCUT2D eigenvalue weighted by atomic mass is 16.5. The van der Waals surface area contributed by atoms with Crippen molar-refractivity contribution in [3.63, 3.8) is 0 Å². The van der Waals surface area contributed by atoms with Crippen LogP contribution in [0, 0.1) is 0 Å². The Labute approximate surface area is 147 Å². The minimum Gasteiger partial charge on any atom is -0.493 e. The molecule has 8 nitrogen and oxygen atoms in total. The second kappa shape index (κ2) is 8.39. The highest BCUT2D eigenvalue weighted by Gasteiger charge is 2.17. The van der Waals surface area contributed by atoms with Gasteiger partial charge in [-0.3, -0.25) is 0 Å². The summed E-state index contributed by atoms with van der Waals surface area (Å²) in [5.41, 5.74) is 6.58. The van der Waals surface area contributed by atoms with Crippen LogP contribution >= 0.6 is 0 Å². The van der Waals surface area contributed by atoms with Gasteiger partial charge in [-0.05, 0) is 12.0 Å². The summed E-state index contributed by atoms with van der Waals surface area (Å²) in [5.74, 6) is 2.91. The molecule has 136 valence electrons. The average Bonchev–Trinajstić information content (AvgIpc) is 2.61. The minimum absolute atomic E-state index is 0.0447. The van der Waals surface area contributed by atoms with Gasteiger partial charge in [0.2, 0.25) is 5.95 Å². The third kappa shape index (κ3) is 4.42. The molecule has 1 aromatic heterocycles. The lowest BCUT2D eigenvalue weighted by Gasteiger charge is -2.18. The van der Waals surface area contributed by atoms with E-state index in [1.165, 1.54) is 6.20 Å². The molecule has 25 heavy (non-hydrogen) atoms. The summed E-state index contributed by atoms with van der Waals surface area (Å²) in [4.78, 5) is 8.10. The lowest BCUT2D eigenvalue weighted by molar-refractivity contribution is 0.310. The van der Waals surface area contributed by atoms with Gasteiger partial charge in [0.15, 0.2) is 23.1 Å². The Bertz CT molecular complexity index is 722. The molecule has 0 radical (unpaired) electrons. The zero-order valence-corrected chi connectivity index (χ0v) is 14.9. The summed E-state index contributed by atoms with van der Waals surface area (Å²) in [7, 11) is 3.16. The Hall–Kier alpha value is -2.74. The van der Waals surface area contributed by atoms with E-state index in [9.17, 15) is 0 Å². The zero-order chi connectivity index (χ0) is 18.4. The molecule has 4 N–H and O–H groups in total. The molecule has 8 heteroatoms. The molecular formula is C17H24N4O4. The van der Waals surface area contributed by atoms with Crippen molar-refractivity contribution in [2.75, 3.05) is 38.4 Å². The molecule has 0 aliphatic rings. The summed E-state index contributed by atoms with van der Waals surface area (Å²) >= 11 is 0. The van der Waals surface area contributed by atoms with Gasteiger partial charge >= 0.3 is 0 Å². The summed E-state index contributed by atoms with van der Waals surface area (Å²) < 4.78 is 16.8. The number of nitrogens with zero attached hydrogens (tertiary/aromatic N) is 2. The van der Waals surface area contributed by atoms with Crippen LogP contribution < -0.4 is 25.3 Å². The van der Waals surface area contributed by atoms with Crippen molar-refractivity contribution >= 4 is 11.8 Å². The molecule has 0 atom stereocenters. The number of aliphatic hydroxyl groups excluding tert-OH is 1. The molecule has 1 heterocycles. The minimum atomic E-state index is -0.0447. The Morgan fingerprint density at radius 2 is 1.80 bits per heavy atom. The molecule has 0 unspecified atom stereocenters. The summed E-state index contributed by atoms with van der Waals surface area (Å²) in [5, 5.41) is 12.0. The molecule has 0 saturated heterocycles. The molecular weight excluding hydrogens is 324 g/mol. The maximum absolute atomic E-state index is 9.01.